The number of aromatic nitrogens is 4. The van der Waals surface area contributed by atoms with E-state index in [9.17, 15) is 9.59 Å². The summed E-state index contributed by atoms with van der Waals surface area (Å²) in [4.78, 5) is 21.3. The maximum atomic E-state index is 10.7. The van der Waals surface area contributed by atoms with Crippen LogP contribution in [0.4, 0.5) is 0 Å². The fraction of sp³-hybridized carbons (Fsp3) is 0.556. The summed E-state index contributed by atoms with van der Waals surface area (Å²) in [5.74, 6) is -0.813. The quantitative estimate of drug-likeness (QED) is 0.867. The highest BCUT2D eigenvalue weighted by Crippen LogP contribution is 2.36. The molecule has 0 amide bonds. The molecule has 0 aromatic carbocycles. The van der Waals surface area contributed by atoms with Crippen LogP contribution in [0.3, 0.4) is 0 Å². The van der Waals surface area contributed by atoms with Crippen molar-refractivity contribution < 1.29 is 19.8 Å². The molecule has 0 spiro atoms. The highest BCUT2D eigenvalue weighted by Gasteiger charge is 2.25. The summed E-state index contributed by atoms with van der Waals surface area (Å²) in [6.07, 6.45) is 7.12. The molecule has 4 rings (SSSR count). The van der Waals surface area contributed by atoms with Crippen LogP contribution in [0.1, 0.15) is 82.7 Å². The van der Waals surface area contributed by atoms with Gasteiger partial charge in [-0.1, -0.05) is 12.8 Å². The molecule has 0 saturated heterocycles. The zero-order valence-electron chi connectivity index (χ0n) is 15.1. The van der Waals surface area contributed by atoms with E-state index in [4.69, 9.17) is 10.2 Å². The van der Waals surface area contributed by atoms with Gasteiger partial charge in [-0.3, -0.25) is 9.36 Å². The van der Waals surface area contributed by atoms with E-state index < -0.39 is 11.9 Å². The van der Waals surface area contributed by atoms with E-state index in [0.29, 0.717) is 11.8 Å². The summed E-state index contributed by atoms with van der Waals surface area (Å²) < 4.78 is 3.13. The number of aromatic carboxylic acids is 2. The molecule has 0 atom stereocenters. The van der Waals surface area contributed by atoms with Crippen molar-refractivity contribution in [3.8, 4) is 0 Å². The molecule has 2 aliphatic rings. The Labute approximate surface area is 151 Å². The number of rotatable bonds is 4. The van der Waals surface area contributed by atoms with Crippen LogP contribution in [0.5, 0.6) is 0 Å². The van der Waals surface area contributed by atoms with Crippen molar-refractivity contribution in [2.24, 2.45) is 14.1 Å². The summed E-state index contributed by atoms with van der Waals surface area (Å²) in [7, 11) is 3.48. The second kappa shape index (κ2) is 7.31. The van der Waals surface area contributed by atoms with E-state index in [-0.39, 0.29) is 11.4 Å². The molecule has 0 aliphatic heterocycles. The maximum absolute atomic E-state index is 10.7. The van der Waals surface area contributed by atoms with Gasteiger partial charge >= 0.3 is 11.9 Å². The van der Waals surface area contributed by atoms with Crippen LogP contribution in [-0.4, -0.2) is 41.7 Å². The standard InChI is InChI=1S/2C9H12N2O2/c1-11-8(6-3-2-4-6)5-7(10-11)9(12)13;1-11-8(9(12)13)5-7(10-11)6-3-2-4-6/h2*5-6H,2-4H2,1H3,(H,12,13). The predicted octanol–water partition coefficient (Wildman–Crippen LogP) is 2.77. The minimum absolute atomic E-state index is 0.157. The normalized spacial score (nSPS) is 17.0. The lowest BCUT2D eigenvalue weighted by molar-refractivity contribution is 0.0676. The lowest BCUT2D eigenvalue weighted by Gasteiger charge is -2.24. The number of hydrogen-bond donors (Lipinski definition) is 2. The second-order valence-corrected chi connectivity index (χ2v) is 7.02. The molecule has 26 heavy (non-hydrogen) atoms. The van der Waals surface area contributed by atoms with Gasteiger partial charge in [0.1, 0.15) is 5.69 Å². The Hall–Kier alpha value is -2.64. The summed E-state index contributed by atoms with van der Waals surface area (Å²) in [5.41, 5.74) is 2.43. The van der Waals surface area contributed by atoms with Gasteiger partial charge in [0.05, 0.1) is 5.69 Å². The molecule has 2 aliphatic carbocycles. The van der Waals surface area contributed by atoms with Crippen LogP contribution >= 0.6 is 0 Å². The van der Waals surface area contributed by atoms with Crippen molar-refractivity contribution >= 4 is 11.9 Å². The van der Waals surface area contributed by atoms with Crippen LogP contribution in [0.2, 0.25) is 0 Å². The molecule has 2 aromatic rings. The minimum Gasteiger partial charge on any atom is -0.477 e. The van der Waals surface area contributed by atoms with E-state index in [2.05, 4.69) is 10.2 Å². The van der Waals surface area contributed by atoms with Crippen LogP contribution in [-0.2, 0) is 14.1 Å². The van der Waals surface area contributed by atoms with E-state index in [1.165, 1.54) is 30.4 Å². The number of nitrogens with zero attached hydrogens (tertiary/aromatic N) is 4. The lowest BCUT2D eigenvalue weighted by atomic mass is 9.83. The van der Waals surface area contributed by atoms with E-state index in [1.54, 1.807) is 30.9 Å². The van der Waals surface area contributed by atoms with Crippen molar-refractivity contribution in [2.75, 3.05) is 0 Å². The molecule has 2 heterocycles. The van der Waals surface area contributed by atoms with Crippen LogP contribution < -0.4 is 0 Å². The first-order chi connectivity index (χ1) is 12.4. The molecule has 8 nitrogen and oxygen atoms in total. The number of hydrogen-bond acceptors (Lipinski definition) is 4. The SMILES string of the molecule is Cn1nc(C(=O)O)cc1C1CCC1.Cn1nc(C2CCC2)cc1C(=O)O. The first-order valence-electron chi connectivity index (χ1n) is 8.91. The molecular weight excluding hydrogens is 336 g/mol. The first kappa shape index (κ1) is 18.2. The van der Waals surface area contributed by atoms with Crippen LogP contribution in [0.15, 0.2) is 12.1 Å². The molecule has 140 valence electrons. The van der Waals surface area contributed by atoms with Gasteiger partial charge in [-0.05, 0) is 37.8 Å². The fourth-order valence-corrected chi connectivity index (χ4v) is 3.27. The number of carbonyl (C=O) groups is 2. The largest absolute Gasteiger partial charge is 0.477 e. The summed E-state index contributed by atoms with van der Waals surface area (Å²) in [5, 5.41) is 25.6. The lowest BCUT2D eigenvalue weighted by Crippen LogP contribution is -2.12. The smallest absolute Gasteiger partial charge is 0.356 e. The predicted molar refractivity (Wildman–Crippen MR) is 93.5 cm³/mol. The van der Waals surface area contributed by atoms with E-state index in [1.807, 2.05) is 0 Å². The molecule has 2 N–H and O–H groups in total. The summed E-state index contributed by atoms with van der Waals surface area (Å²) >= 11 is 0. The Morgan fingerprint density at radius 3 is 1.92 bits per heavy atom. The van der Waals surface area contributed by atoms with Gasteiger partial charge in [0.15, 0.2) is 5.69 Å². The molecule has 2 fully saturated rings. The van der Waals surface area contributed by atoms with Crippen molar-refractivity contribution in [3.05, 3.63) is 34.9 Å². The second-order valence-electron chi connectivity index (χ2n) is 7.02. The number of aryl methyl sites for hydroxylation is 2. The van der Waals surface area contributed by atoms with Gasteiger partial charge in [0, 0.05) is 31.6 Å². The molecule has 8 heteroatoms. The summed E-state index contributed by atoms with van der Waals surface area (Å²) in [6, 6.07) is 3.37. The molecule has 0 bridgehead atoms. The zero-order valence-corrected chi connectivity index (χ0v) is 15.1. The third-order valence-electron chi connectivity index (χ3n) is 5.30. The van der Waals surface area contributed by atoms with Gasteiger partial charge in [0.25, 0.3) is 0 Å². The van der Waals surface area contributed by atoms with Gasteiger partial charge < -0.3 is 10.2 Å². The Bertz CT molecular complexity index is 815. The Morgan fingerprint density at radius 2 is 1.54 bits per heavy atom. The molecule has 2 aromatic heterocycles. The third-order valence-corrected chi connectivity index (χ3v) is 5.30. The van der Waals surface area contributed by atoms with Gasteiger partial charge in [-0.15, -0.1) is 0 Å². The monoisotopic (exact) mass is 360 g/mol. The highest BCUT2D eigenvalue weighted by molar-refractivity contribution is 5.86. The average molecular weight is 360 g/mol. The summed E-state index contributed by atoms with van der Waals surface area (Å²) in [6.45, 7) is 0. The Kier molecular flexibility index (Phi) is 5.11. The third kappa shape index (κ3) is 3.63. The van der Waals surface area contributed by atoms with Crippen molar-refractivity contribution in [2.45, 2.75) is 50.4 Å². The van der Waals surface area contributed by atoms with Gasteiger partial charge in [-0.25, -0.2) is 9.59 Å². The van der Waals surface area contributed by atoms with Crippen LogP contribution in [0.25, 0.3) is 0 Å². The van der Waals surface area contributed by atoms with Crippen molar-refractivity contribution in [1.82, 2.24) is 19.6 Å². The van der Waals surface area contributed by atoms with Crippen molar-refractivity contribution in [1.29, 1.82) is 0 Å². The number of carboxylic acid groups (broad SMARTS) is 2. The van der Waals surface area contributed by atoms with E-state index in [0.717, 1.165) is 24.2 Å². The highest BCUT2D eigenvalue weighted by atomic mass is 16.4. The molecule has 2 saturated carbocycles. The molecule has 0 radical (unpaired) electrons. The Balaban J connectivity index is 0.000000151. The van der Waals surface area contributed by atoms with Crippen molar-refractivity contribution in [3.63, 3.8) is 0 Å². The van der Waals surface area contributed by atoms with Crippen LogP contribution in [0, 0.1) is 0 Å². The first-order valence-corrected chi connectivity index (χ1v) is 8.91. The average Bonchev–Trinajstić information content (AvgIpc) is 3.00. The molecular formula is C18H24N4O4. The topological polar surface area (TPSA) is 110 Å². The Morgan fingerprint density at radius 1 is 0.923 bits per heavy atom. The maximum Gasteiger partial charge on any atom is 0.356 e. The minimum atomic E-state index is -0.943. The van der Waals surface area contributed by atoms with Gasteiger partial charge in [-0.2, -0.15) is 10.2 Å². The molecule has 0 unspecified atom stereocenters. The van der Waals surface area contributed by atoms with Gasteiger partial charge in [0.2, 0.25) is 0 Å². The van der Waals surface area contributed by atoms with E-state index >= 15 is 0 Å². The zero-order chi connectivity index (χ0) is 18.8. The number of carboxylic acids is 2. The fourth-order valence-electron chi connectivity index (χ4n) is 3.27.